The molecule has 0 radical (unpaired) electrons. The Bertz CT molecular complexity index is 669. The van der Waals surface area contributed by atoms with Crippen molar-refractivity contribution in [1.29, 1.82) is 5.26 Å². The van der Waals surface area contributed by atoms with E-state index in [1.807, 2.05) is 0 Å². The predicted molar refractivity (Wildman–Crippen MR) is 78.3 cm³/mol. The van der Waals surface area contributed by atoms with E-state index in [0.29, 0.717) is 16.9 Å². The third kappa shape index (κ3) is 3.21. The summed E-state index contributed by atoms with van der Waals surface area (Å²) in [6.45, 7) is 0. The third-order valence-corrected chi connectivity index (χ3v) is 2.56. The summed E-state index contributed by atoms with van der Waals surface area (Å²) in [7, 11) is 0. The first-order valence-electron chi connectivity index (χ1n) is 5.90. The summed E-state index contributed by atoms with van der Waals surface area (Å²) in [6, 6.07) is 17.1. The fourth-order valence-corrected chi connectivity index (χ4v) is 1.53. The number of hydrazone groups is 1. The smallest absolute Gasteiger partial charge is 0.223 e. The van der Waals surface area contributed by atoms with Gasteiger partial charge in [0.1, 0.15) is 6.07 Å². The lowest BCUT2D eigenvalue weighted by Crippen LogP contribution is -2.14. The Morgan fingerprint density at radius 3 is 2.35 bits per heavy atom. The van der Waals surface area contributed by atoms with Gasteiger partial charge in [0.2, 0.25) is 11.5 Å². The summed E-state index contributed by atoms with van der Waals surface area (Å²) >= 11 is 0. The van der Waals surface area contributed by atoms with E-state index in [0.717, 1.165) is 0 Å². The van der Waals surface area contributed by atoms with Crippen molar-refractivity contribution in [1.82, 2.24) is 0 Å². The molecular formula is C15H12N4O. The molecule has 0 aliphatic rings. The summed E-state index contributed by atoms with van der Waals surface area (Å²) in [5.41, 5.74) is 9.72. The maximum absolute atomic E-state index is 12.0. The molecule has 2 rings (SSSR count). The number of Topliss-reactive ketones (excluding diaryl/α,β-unsaturated/α-hetero) is 1. The molecule has 0 heterocycles. The number of nitrogens with zero attached hydrogens (tertiary/aromatic N) is 2. The number of nitriles is 1. The average molecular weight is 264 g/mol. The molecule has 2 aromatic rings. The number of ketones is 1. The number of benzene rings is 2. The molecule has 0 spiro atoms. The van der Waals surface area contributed by atoms with Crippen LogP contribution in [0.5, 0.6) is 0 Å². The van der Waals surface area contributed by atoms with E-state index in [4.69, 9.17) is 11.0 Å². The summed E-state index contributed by atoms with van der Waals surface area (Å²) < 4.78 is 0. The van der Waals surface area contributed by atoms with E-state index in [2.05, 4.69) is 10.5 Å². The molecule has 0 bridgehead atoms. The van der Waals surface area contributed by atoms with Gasteiger partial charge in [-0.2, -0.15) is 10.4 Å². The standard InChI is InChI=1S/C15H12N4O/c16-10-14(15(20)11-4-2-1-3-5-11)19-18-13-8-6-12(17)7-9-13/h1-9,18H,17H2/b19-14+. The highest BCUT2D eigenvalue weighted by atomic mass is 16.1. The maximum Gasteiger partial charge on any atom is 0.223 e. The molecule has 20 heavy (non-hydrogen) atoms. The second-order valence-corrected chi connectivity index (χ2v) is 4.00. The first-order chi connectivity index (χ1) is 9.70. The summed E-state index contributed by atoms with van der Waals surface area (Å²) in [6.07, 6.45) is 0. The van der Waals surface area contributed by atoms with Gasteiger partial charge in [0.25, 0.3) is 0 Å². The van der Waals surface area contributed by atoms with Crippen molar-refractivity contribution in [2.45, 2.75) is 0 Å². The van der Waals surface area contributed by atoms with Crippen molar-refractivity contribution in [2.75, 3.05) is 11.2 Å². The molecule has 2 aromatic carbocycles. The Balaban J connectivity index is 2.16. The van der Waals surface area contributed by atoms with Crippen LogP contribution in [0.1, 0.15) is 10.4 Å². The summed E-state index contributed by atoms with van der Waals surface area (Å²) in [5.74, 6) is -0.420. The average Bonchev–Trinajstić information content (AvgIpc) is 2.50. The van der Waals surface area contributed by atoms with E-state index in [-0.39, 0.29) is 5.71 Å². The molecule has 5 nitrogen and oxygen atoms in total. The van der Waals surface area contributed by atoms with Crippen LogP contribution in [0, 0.1) is 11.3 Å². The highest BCUT2D eigenvalue weighted by Crippen LogP contribution is 2.10. The van der Waals surface area contributed by atoms with E-state index < -0.39 is 5.78 Å². The monoisotopic (exact) mass is 264 g/mol. The first-order valence-corrected chi connectivity index (χ1v) is 5.90. The second-order valence-electron chi connectivity index (χ2n) is 4.00. The molecule has 0 atom stereocenters. The summed E-state index contributed by atoms with van der Waals surface area (Å²) in [5, 5.41) is 12.9. The van der Waals surface area contributed by atoms with Gasteiger partial charge in [-0.3, -0.25) is 10.2 Å². The highest BCUT2D eigenvalue weighted by Gasteiger charge is 2.13. The zero-order valence-electron chi connectivity index (χ0n) is 10.6. The minimum atomic E-state index is -0.420. The molecule has 98 valence electrons. The Labute approximate surface area is 116 Å². The van der Waals surface area contributed by atoms with Crippen LogP contribution in [-0.2, 0) is 0 Å². The SMILES string of the molecule is N#C/C(=N\Nc1ccc(N)cc1)C(=O)c1ccccc1. The van der Waals surface area contributed by atoms with Crippen LogP contribution in [-0.4, -0.2) is 11.5 Å². The molecular weight excluding hydrogens is 252 g/mol. The number of nitrogen functional groups attached to an aromatic ring is 1. The van der Waals surface area contributed by atoms with E-state index >= 15 is 0 Å². The minimum Gasteiger partial charge on any atom is -0.399 e. The van der Waals surface area contributed by atoms with Gasteiger partial charge in [0.05, 0.1) is 5.69 Å². The lowest BCUT2D eigenvalue weighted by atomic mass is 10.1. The number of nitrogens with two attached hydrogens (primary N) is 1. The zero-order valence-corrected chi connectivity index (χ0v) is 10.6. The van der Waals surface area contributed by atoms with Crippen molar-refractivity contribution in [3.05, 3.63) is 60.2 Å². The lowest BCUT2D eigenvalue weighted by Gasteiger charge is -2.02. The number of carbonyl (C=O) groups excluding carboxylic acids is 1. The molecule has 0 aromatic heterocycles. The van der Waals surface area contributed by atoms with Crippen LogP contribution in [0.2, 0.25) is 0 Å². The molecule has 0 aliphatic heterocycles. The van der Waals surface area contributed by atoms with Crippen LogP contribution < -0.4 is 11.2 Å². The van der Waals surface area contributed by atoms with Crippen molar-refractivity contribution < 1.29 is 4.79 Å². The van der Waals surface area contributed by atoms with Gasteiger partial charge in [-0.15, -0.1) is 0 Å². The fourth-order valence-electron chi connectivity index (χ4n) is 1.53. The van der Waals surface area contributed by atoms with Gasteiger partial charge in [0.15, 0.2) is 0 Å². The number of carbonyl (C=O) groups is 1. The van der Waals surface area contributed by atoms with Crippen molar-refractivity contribution >= 4 is 22.9 Å². The molecule has 5 heteroatoms. The van der Waals surface area contributed by atoms with Crippen LogP contribution in [0.3, 0.4) is 0 Å². The number of hydrogen-bond acceptors (Lipinski definition) is 5. The number of hydrogen-bond donors (Lipinski definition) is 2. The van der Waals surface area contributed by atoms with E-state index in [1.165, 1.54) is 0 Å². The first kappa shape index (κ1) is 13.3. The van der Waals surface area contributed by atoms with Crippen molar-refractivity contribution in [3.8, 4) is 6.07 Å². The van der Waals surface area contributed by atoms with Gasteiger partial charge in [-0.1, -0.05) is 30.3 Å². The fraction of sp³-hybridized carbons (Fsp3) is 0. The highest BCUT2D eigenvalue weighted by molar-refractivity contribution is 6.51. The van der Waals surface area contributed by atoms with Gasteiger partial charge < -0.3 is 5.73 Å². The van der Waals surface area contributed by atoms with Gasteiger partial charge in [-0.05, 0) is 24.3 Å². The van der Waals surface area contributed by atoms with Gasteiger partial charge in [-0.25, -0.2) is 0 Å². The van der Waals surface area contributed by atoms with Crippen molar-refractivity contribution in [2.24, 2.45) is 5.10 Å². The minimum absolute atomic E-state index is 0.201. The second kappa shape index (κ2) is 6.16. The third-order valence-electron chi connectivity index (χ3n) is 2.56. The molecule has 0 aliphatic carbocycles. The number of rotatable bonds is 4. The lowest BCUT2D eigenvalue weighted by molar-refractivity contribution is 0.106. The quantitative estimate of drug-likeness (QED) is 0.384. The Kier molecular flexibility index (Phi) is 4.10. The summed E-state index contributed by atoms with van der Waals surface area (Å²) in [4.78, 5) is 12.0. The Morgan fingerprint density at radius 2 is 1.75 bits per heavy atom. The largest absolute Gasteiger partial charge is 0.399 e. The van der Waals surface area contributed by atoms with Gasteiger partial charge >= 0.3 is 0 Å². The van der Waals surface area contributed by atoms with Crippen molar-refractivity contribution in [3.63, 3.8) is 0 Å². The zero-order chi connectivity index (χ0) is 14.4. The molecule has 0 fully saturated rings. The normalized spacial score (nSPS) is 10.7. The van der Waals surface area contributed by atoms with Crippen LogP contribution >= 0.6 is 0 Å². The molecule has 0 unspecified atom stereocenters. The Hall–Kier alpha value is -3.13. The topological polar surface area (TPSA) is 91.3 Å². The van der Waals surface area contributed by atoms with Crippen LogP contribution in [0.4, 0.5) is 11.4 Å². The molecule has 0 saturated heterocycles. The predicted octanol–water partition coefficient (Wildman–Crippen LogP) is 2.44. The van der Waals surface area contributed by atoms with E-state index in [1.54, 1.807) is 60.7 Å². The maximum atomic E-state index is 12.0. The van der Waals surface area contributed by atoms with E-state index in [9.17, 15) is 4.79 Å². The number of anilines is 2. The van der Waals surface area contributed by atoms with Gasteiger partial charge in [0, 0.05) is 11.3 Å². The van der Waals surface area contributed by atoms with Crippen LogP contribution in [0.25, 0.3) is 0 Å². The van der Waals surface area contributed by atoms with Crippen LogP contribution in [0.15, 0.2) is 59.7 Å². The molecule has 0 amide bonds. The molecule has 3 N–H and O–H groups in total. The number of nitrogens with one attached hydrogen (secondary N) is 1. The molecule has 0 saturated carbocycles. The Morgan fingerprint density at radius 1 is 1.10 bits per heavy atom.